The highest BCUT2D eigenvalue weighted by atomic mass is 16.5. The molecule has 0 saturated carbocycles. The summed E-state index contributed by atoms with van der Waals surface area (Å²) in [4.78, 5) is 4.14. The molecule has 0 atom stereocenters. The van der Waals surface area contributed by atoms with Gasteiger partial charge in [0.25, 0.3) is 0 Å². The molecule has 0 fully saturated rings. The highest BCUT2D eigenvalue weighted by molar-refractivity contribution is 5.38. The van der Waals surface area contributed by atoms with E-state index in [0.717, 1.165) is 17.9 Å². The van der Waals surface area contributed by atoms with E-state index in [2.05, 4.69) is 11.9 Å². The van der Waals surface area contributed by atoms with Crippen LogP contribution in [0.25, 0.3) is 0 Å². The first-order chi connectivity index (χ1) is 8.72. The molecule has 94 valence electrons. The Morgan fingerprint density at radius 1 is 1.22 bits per heavy atom. The molecule has 0 aliphatic carbocycles. The first kappa shape index (κ1) is 12.6. The van der Waals surface area contributed by atoms with Crippen LogP contribution in [0.5, 0.6) is 11.5 Å². The molecule has 1 aromatic carbocycles. The highest BCUT2D eigenvalue weighted by Gasteiger charge is 2.05. The number of pyridine rings is 1. The van der Waals surface area contributed by atoms with E-state index in [-0.39, 0.29) is 6.61 Å². The van der Waals surface area contributed by atoms with Gasteiger partial charge in [-0.3, -0.25) is 4.98 Å². The fraction of sp³-hybridized carbons (Fsp3) is 0.267. The number of aliphatic hydroxyl groups excluding tert-OH is 1. The van der Waals surface area contributed by atoms with Crippen molar-refractivity contribution in [2.75, 3.05) is 0 Å². The molecule has 0 bridgehead atoms. The standard InChI is InChI=1S/C15H17NO2/c1-3-12-4-6-14(7-5-12)18-15-8-11(2)16-9-13(15)10-17/h4-9,17H,3,10H2,1-2H3. The molecule has 0 amide bonds. The molecular weight excluding hydrogens is 226 g/mol. The van der Waals surface area contributed by atoms with Gasteiger partial charge in [-0.1, -0.05) is 19.1 Å². The second-order valence-corrected chi connectivity index (χ2v) is 4.19. The van der Waals surface area contributed by atoms with Gasteiger partial charge in [-0.2, -0.15) is 0 Å². The van der Waals surface area contributed by atoms with Crippen molar-refractivity contribution >= 4 is 0 Å². The lowest BCUT2D eigenvalue weighted by Gasteiger charge is -2.10. The molecule has 3 heteroatoms. The number of nitrogens with zero attached hydrogens (tertiary/aromatic N) is 1. The number of ether oxygens (including phenoxy) is 1. The smallest absolute Gasteiger partial charge is 0.136 e. The SMILES string of the molecule is CCc1ccc(Oc2cc(C)ncc2CO)cc1. The Bertz CT molecular complexity index is 521. The topological polar surface area (TPSA) is 42.4 Å². The summed E-state index contributed by atoms with van der Waals surface area (Å²) in [6.07, 6.45) is 2.65. The van der Waals surface area contributed by atoms with Crippen molar-refractivity contribution in [2.24, 2.45) is 0 Å². The Morgan fingerprint density at radius 3 is 2.56 bits per heavy atom. The van der Waals surface area contributed by atoms with Crippen LogP contribution >= 0.6 is 0 Å². The Kier molecular flexibility index (Phi) is 3.95. The van der Waals surface area contributed by atoms with Crippen molar-refractivity contribution < 1.29 is 9.84 Å². The van der Waals surface area contributed by atoms with Crippen molar-refractivity contribution in [3.05, 3.63) is 53.3 Å². The number of hydrogen-bond donors (Lipinski definition) is 1. The third-order valence-electron chi connectivity index (χ3n) is 2.81. The molecule has 0 aliphatic heterocycles. The second-order valence-electron chi connectivity index (χ2n) is 4.19. The van der Waals surface area contributed by atoms with E-state index in [0.29, 0.717) is 11.3 Å². The van der Waals surface area contributed by atoms with Crippen molar-refractivity contribution in [1.82, 2.24) is 4.98 Å². The lowest BCUT2D eigenvalue weighted by molar-refractivity contribution is 0.276. The molecule has 0 spiro atoms. The first-order valence-electron chi connectivity index (χ1n) is 6.06. The van der Waals surface area contributed by atoms with E-state index in [9.17, 15) is 5.11 Å². The number of benzene rings is 1. The lowest BCUT2D eigenvalue weighted by atomic mass is 10.2. The van der Waals surface area contributed by atoms with Crippen LogP contribution in [0.2, 0.25) is 0 Å². The fourth-order valence-electron chi connectivity index (χ4n) is 1.70. The quantitative estimate of drug-likeness (QED) is 0.896. The van der Waals surface area contributed by atoms with Crippen LogP contribution in [0, 0.1) is 6.92 Å². The van der Waals surface area contributed by atoms with E-state index in [1.54, 1.807) is 6.20 Å². The maximum absolute atomic E-state index is 9.25. The molecule has 1 aromatic heterocycles. The average Bonchev–Trinajstić information content (AvgIpc) is 2.40. The Morgan fingerprint density at radius 2 is 1.94 bits per heavy atom. The van der Waals surface area contributed by atoms with E-state index in [1.165, 1.54) is 5.56 Å². The molecule has 0 radical (unpaired) electrons. The third kappa shape index (κ3) is 2.87. The predicted molar refractivity (Wildman–Crippen MR) is 70.8 cm³/mol. The third-order valence-corrected chi connectivity index (χ3v) is 2.81. The molecule has 0 unspecified atom stereocenters. The summed E-state index contributed by atoms with van der Waals surface area (Å²) < 4.78 is 5.78. The molecule has 0 aliphatic rings. The van der Waals surface area contributed by atoms with Gasteiger partial charge in [0.2, 0.25) is 0 Å². The van der Waals surface area contributed by atoms with Crippen molar-refractivity contribution in [3.8, 4) is 11.5 Å². The van der Waals surface area contributed by atoms with Gasteiger partial charge in [0, 0.05) is 23.5 Å². The summed E-state index contributed by atoms with van der Waals surface area (Å²) in [5.41, 5.74) is 2.84. The van der Waals surface area contributed by atoms with Gasteiger partial charge >= 0.3 is 0 Å². The van der Waals surface area contributed by atoms with Crippen LogP contribution in [0.15, 0.2) is 36.5 Å². The van der Waals surface area contributed by atoms with Gasteiger partial charge in [-0.25, -0.2) is 0 Å². The summed E-state index contributed by atoms with van der Waals surface area (Å²) in [5, 5.41) is 9.25. The molecule has 3 nitrogen and oxygen atoms in total. The minimum Gasteiger partial charge on any atom is -0.457 e. The number of aliphatic hydroxyl groups is 1. The zero-order valence-electron chi connectivity index (χ0n) is 10.7. The minimum absolute atomic E-state index is 0.0738. The van der Waals surface area contributed by atoms with Crippen molar-refractivity contribution in [2.45, 2.75) is 26.9 Å². The van der Waals surface area contributed by atoms with Gasteiger partial charge in [-0.05, 0) is 31.0 Å². The molecule has 0 saturated heterocycles. The summed E-state index contributed by atoms with van der Waals surface area (Å²) in [7, 11) is 0. The lowest BCUT2D eigenvalue weighted by Crippen LogP contribution is -1.94. The summed E-state index contributed by atoms with van der Waals surface area (Å²) in [5.74, 6) is 1.43. The number of hydrogen-bond acceptors (Lipinski definition) is 3. The normalized spacial score (nSPS) is 10.4. The van der Waals surface area contributed by atoms with Crippen molar-refractivity contribution in [1.29, 1.82) is 0 Å². The molecular formula is C15H17NO2. The summed E-state index contributed by atoms with van der Waals surface area (Å²) in [6, 6.07) is 9.80. The monoisotopic (exact) mass is 243 g/mol. The van der Waals surface area contributed by atoms with Crippen LogP contribution in [0.3, 0.4) is 0 Å². The average molecular weight is 243 g/mol. The van der Waals surface area contributed by atoms with Gasteiger partial charge in [0.1, 0.15) is 11.5 Å². The second kappa shape index (κ2) is 5.65. The minimum atomic E-state index is -0.0738. The fourth-order valence-corrected chi connectivity index (χ4v) is 1.70. The van der Waals surface area contributed by atoms with Crippen LogP contribution < -0.4 is 4.74 Å². The molecule has 1 heterocycles. The number of aromatic nitrogens is 1. The Balaban J connectivity index is 2.24. The number of rotatable bonds is 4. The van der Waals surface area contributed by atoms with Crippen molar-refractivity contribution in [3.63, 3.8) is 0 Å². The first-order valence-corrected chi connectivity index (χ1v) is 6.06. The van der Waals surface area contributed by atoms with Crippen LogP contribution in [-0.2, 0) is 13.0 Å². The van der Waals surface area contributed by atoms with Crippen LogP contribution in [-0.4, -0.2) is 10.1 Å². The van der Waals surface area contributed by atoms with E-state index >= 15 is 0 Å². The molecule has 2 aromatic rings. The van der Waals surface area contributed by atoms with Gasteiger partial charge < -0.3 is 9.84 Å². The summed E-state index contributed by atoms with van der Waals surface area (Å²) in [6.45, 7) is 3.94. The largest absolute Gasteiger partial charge is 0.457 e. The predicted octanol–water partition coefficient (Wildman–Crippen LogP) is 3.24. The maximum Gasteiger partial charge on any atom is 0.136 e. The maximum atomic E-state index is 9.25. The van der Waals surface area contributed by atoms with E-state index < -0.39 is 0 Å². The van der Waals surface area contributed by atoms with Gasteiger partial charge in [-0.15, -0.1) is 0 Å². The van der Waals surface area contributed by atoms with Crippen LogP contribution in [0.4, 0.5) is 0 Å². The summed E-state index contributed by atoms with van der Waals surface area (Å²) >= 11 is 0. The van der Waals surface area contributed by atoms with E-state index in [1.807, 2.05) is 37.3 Å². The molecule has 2 rings (SSSR count). The highest BCUT2D eigenvalue weighted by Crippen LogP contribution is 2.25. The number of aryl methyl sites for hydroxylation is 2. The van der Waals surface area contributed by atoms with E-state index in [4.69, 9.17) is 4.74 Å². The zero-order valence-corrected chi connectivity index (χ0v) is 10.7. The molecule has 1 N–H and O–H groups in total. The van der Waals surface area contributed by atoms with Gasteiger partial charge in [0.05, 0.1) is 6.61 Å². The Hall–Kier alpha value is -1.87. The Labute approximate surface area is 107 Å². The zero-order chi connectivity index (χ0) is 13.0. The van der Waals surface area contributed by atoms with Gasteiger partial charge in [0.15, 0.2) is 0 Å². The molecule has 18 heavy (non-hydrogen) atoms. The van der Waals surface area contributed by atoms with Crippen LogP contribution in [0.1, 0.15) is 23.7 Å².